The summed E-state index contributed by atoms with van der Waals surface area (Å²) in [5.74, 6) is -1.09. The van der Waals surface area contributed by atoms with E-state index in [2.05, 4.69) is 14.8 Å². The molecule has 1 aromatic heterocycles. The van der Waals surface area contributed by atoms with E-state index >= 15 is 0 Å². The van der Waals surface area contributed by atoms with Crippen LogP contribution < -0.4 is 5.73 Å². The van der Waals surface area contributed by atoms with Crippen LogP contribution in [-0.2, 0) is 11.3 Å². The largest absolute Gasteiger partial charge is 0.463 e. The second kappa shape index (κ2) is 5.30. The van der Waals surface area contributed by atoms with E-state index in [-0.39, 0.29) is 5.82 Å². The number of amides is 1. The number of methoxy groups -OCH3 is 1. The van der Waals surface area contributed by atoms with E-state index in [1.807, 2.05) is 6.07 Å². The fraction of sp³-hybridized carbons (Fsp3) is 0.167. The molecule has 0 bridgehead atoms. The maximum absolute atomic E-state index is 11.2. The van der Waals surface area contributed by atoms with Gasteiger partial charge in [-0.05, 0) is 17.7 Å². The average molecular weight is 260 g/mol. The van der Waals surface area contributed by atoms with Gasteiger partial charge in [-0.15, -0.1) is 5.10 Å². The van der Waals surface area contributed by atoms with Crippen LogP contribution in [0.1, 0.15) is 26.5 Å². The average Bonchev–Trinajstić information content (AvgIpc) is 2.86. The number of primary amides is 1. The van der Waals surface area contributed by atoms with Crippen LogP contribution in [-0.4, -0.2) is 33.8 Å². The molecule has 19 heavy (non-hydrogen) atoms. The fourth-order valence-corrected chi connectivity index (χ4v) is 1.57. The summed E-state index contributed by atoms with van der Waals surface area (Å²) in [6.45, 7) is 0.380. The number of hydrogen-bond acceptors (Lipinski definition) is 5. The van der Waals surface area contributed by atoms with Gasteiger partial charge >= 0.3 is 5.97 Å². The normalized spacial score (nSPS) is 10.2. The maximum Gasteiger partial charge on any atom is 0.377 e. The van der Waals surface area contributed by atoms with Crippen molar-refractivity contribution in [2.24, 2.45) is 5.73 Å². The number of nitrogens with two attached hydrogens (primary N) is 1. The Labute approximate surface area is 109 Å². The summed E-state index contributed by atoms with van der Waals surface area (Å²) >= 11 is 0. The van der Waals surface area contributed by atoms with Gasteiger partial charge < -0.3 is 10.5 Å². The molecule has 2 aromatic rings. The SMILES string of the molecule is COC(=O)c1ncn(Cc2cccc(C(N)=O)c2)n1. The smallest absolute Gasteiger partial charge is 0.377 e. The lowest BCUT2D eigenvalue weighted by atomic mass is 10.1. The van der Waals surface area contributed by atoms with Gasteiger partial charge in [0.05, 0.1) is 13.7 Å². The number of rotatable bonds is 4. The third-order valence-corrected chi connectivity index (χ3v) is 2.46. The van der Waals surface area contributed by atoms with Crippen LogP contribution in [0.5, 0.6) is 0 Å². The van der Waals surface area contributed by atoms with Crippen LogP contribution in [0, 0.1) is 0 Å². The quantitative estimate of drug-likeness (QED) is 0.792. The van der Waals surface area contributed by atoms with Gasteiger partial charge in [0.25, 0.3) is 5.82 Å². The first-order chi connectivity index (χ1) is 9.10. The van der Waals surface area contributed by atoms with Crippen molar-refractivity contribution in [3.05, 3.63) is 47.5 Å². The van der Waals surface area contributed by atoms with Crippen molar-refractivity contribution in [3.8, 4) is 0 Å². The fourth-order valence-electron chi connectivity index (χ4n) is 1.57. The Hall–Kier alpha value is -2.70. The molecular formula is C12H12N4O3. The summed E-state index contributed by atoms with van der Waals surface area (Å²) < 4.78 is 5.99. The number of benzene rings is 1. The third-order valence-electron chi connectivity index (χ3n) is 2.46. The molecule has 0 aliphatic rings. The summed E-state index contributed by atoms with van der Waals surface area (Å²) in [4.78, 5) is 26.1. The van der Waals surface area contributed by atoms with Crippen LogP contribution in [0.3, 0.4) is 0 Å². The topological polar surface area (TPSA) is 100 Å². The molecule has 0 saturated heterocycles. The minimum absolute atomic E-state index is 0.00597. The predicted octanol–water partition coefficient (Wildman–Crippen LogP) is 0.212. The Morgan fingerprint density at radius 3 is 2.89 bits per heavy atom. The molecule has 0 atom stereocenters. The maximum atomic E-state index is 11.2. The Morgan fingerprint density at radius 2 is 2.21 bits per heavy atom. The van der Waals surface area contributed by atoms with Gasteiger partial charge in [-0.3, -0.25) is 4.79 Å². The van der Waals surface area contributed by atoms with Gasteiger partial charge in [-0.2, -0.15) is 0 Å². The summed E-state index contributed by atoms with van der Waals surface area (Å²) in [6.07, 6.45) is 1.42. The lowest BCUT2D eigenvalue weighted by Crippen LogP contribution is -2.11. The van der Waals surface area contributed by atoms with E-state index in [9.17, 15) is 9.59 Å². The number of carbonyl (C=O) groups is 2. The van der Waals surface area contributed by atoms with E-state index in [4.69, 9.17) is 5.73 Å². The van der Waals surface area contributed by atoms with Crippen LogP contribution >= 0.6 is 0 Å². The van der Waals surface area contributed by atoms with Crippen LogP contribution in [0.2, 0.25) is 0 Å². The number of esters is 1. The Kier molecular flexibility index (Phi) is 3.56. The zero-order valence-electron chi connectivity index (χ0n) is 10.2. The Morgan fingerprint density at radius 1 is 1.42 bits per heavy atom. The van der Waals surface area contributed by atoms with E-state index in [0.717, 1.165) is 5.56 Å². The number of hydrogen-bond donors (Lipinski definition) is 1. The predicted molar refractivity (Wildman–Crippen MR) is 65.4 cm³/mol. The zero-order chi connectivity index (χ0) is 13.8. The van der Waals surface area contributed by atoms with Crippen molar-refractivity contribution >= 4 is 11.9 Å². The number of nitrogens with zero attached hydrogens (tertiary/aromatic N) is 3. The molecule has 0 fully saturated rings. The summed E-state index contributed by atoms with van der Waals surface area (Å²) in [7, 11) is 1.26. The Bertz CT molecular complexity index is 621. The summed E-state index contributed by atoms with van der Waals surface area (Å²) in [5.41, 5.74) is 6.46. The van der Waals surface area contributed by atoms with Gasteiger partial charge in [0, 0.05) is 5.56 Å². The lowest BCUT2D eigenvalue weighted by Gasteiger charge is -2.02. The molecule has 0 radical (unpaired) electrons. The van der Waals surface area contributed by atoms with E-state index in [1.54, 1.807) is 18.2 Å². The molecule has 7 heteroatoms. The van der Waals surface area contributed by atoms with Crippen molar-refractivity contribution in [2.75, 3.05) is 7.11 Å². The molecule has 1 heterocycles. The zero-order valence-corrected chi connectivity index (χ0v) is 10.2. The van der Waals surface area contributed by atoms with Crippen molar-refractivity contribution in [1.29, 1.82) is 0 Å². The van der Waals surface area contributed by atoms with Crippen LogP contribution in [0.25, 0.3) is 0 Å². The van der Waals surface area contributed by atoms with Gasteiger partial charge in [-0.25, -0.2) is 14.5 Å². The molecule has 0 spiro atoms. The Balaban J connectivity index is 2.17. The highest BCUT2D eigenvalue weighted by Gasteiger charge is 2.11. The van der Waals surface area contributed by atoms with E-state index in [0.29, 0.717) is 12.1 Å². The molecule has 0 aliphatic carbocycles. The molecule has 1 aromatic carbocycles. The number of ether oxygens (including phenoxy) is 1. The van der Waals surface area contributed by atoms with Crippen molar-refractivity contribution < 1.29 is 14.3 Å². The molecule has 98 valence electrons. The first-order valence-electron chi connectivity index (χ1n) is 5.46. The molecule has 2 N–H and O–H groups in total. The standard InChI is InChI=1S/C12H12N4O3/c1-19-12(18)11-14-7-16(15-11)6-8-3-2-4-9(5-8)10(13)17/h2-5,7H,6H2,1H3,(H2,13,17). The van der Waals surface area contributed by atoms with E-state index < -0.39 is 11.9 Å². The van der Waals surface area contributed by atoms with Gasteiger partial charge in [-0.1, -0.05) is 12.1 Å². The summed E-state index contributed by atoms with van der Waals surface area (Å²) in [5, 5.41) is 3.97. The van der Waals surface area contributed by atoms with Crippen LogP contribution in [0.15, 0.2) is 30.6 Å². The second-order valence-corrected chi connectivity index (χ2v) is 3.82. The first kappa shape index (κ1) is 12.7. The summed E-state index contributed by atoms with van der Waals surface area (Å²) in [6, 6.07) is 6.86. The lowest BCUT2D eigenvalue weighted by molar-refractivity contribution is 0.0586. The minimum Gasteiger partial charge on any atom is -0.463 e. The van der Waals surface area contributed by atoms with Crippen molar-refractivity contribution in [1.82, 2.24) is 14.8 Å². The number of aromatic nitrogens is 3. The third kappa shape index (κ3) is 2.95. The highest BCUT2D eigenvalue weighted by molar-refractivity contribution is 5.92. The molecule has 7 nitrogen and oxygen atoms in total. The monoisotopic (exact) mass is 260 g/mol. The molecule has 2 rings (SSSR count). The van der Waals surface area contributed by atoms with Gasteiger partial charge in [0.15, 0.2) is 0 Å². The molecule has 0 saturated carbocycles. The van der Waals surface area contributed by atoms with E-state index in [1.165, 1.54) is 18.1 Å². The van der Waals surface area contributed by atoms with Gasteiger partial charge in [0.1, 0.15) is 6.33 Å². The molecular weight excluding hydrogens is 248 g/mol. The highest BCUT2D eigenvalue weighted by Crippen LogP contribution is 2.06. The van der Waals surface area contributed by atoms with Crippen molar-refractivity contribution in [2.45, 2.75) is 6.54 Å². The second-order valence-electron chi connectivity index (χ2n) is 3.82. The molecule has 1 amide bonds. The highest BCUT2D eigenvalue weighted by atomic mass is 16.5. The molecule has 0 aliphatic heterocycles. The number of carbonyl (C=O) groups excluding carboxylic acids is 2. The van der Waals surface area contributed by atoms with Gasteiger partial charge in [0.2, 0.25) is 5.91 Å². The first-order valence-corrected chi connectivity index (χ1v) is 5.46. The molecule has 0 unspecified atom stereocenters. The minimum atomic E-state index is -0.593. The van der Waals surface area contributed by atoms with Crippen LogP contribution in [0.4, 0.5) is 0 Å². The van der Waals surface area contributed by atoms with Crippen molar-refractivity contribution in [3.63, 3.8) is 0 Å².